The first kappa shape index (κ1) is 16.3. The molecule has 0 aliphatic heterocycles. The number of hydrogen-bond donors (Lipinski definition) is 1. The molecule has 1 amide bonds. The van der Waals surface area contributed by atoms with Crippen molar-refractivity contribution >= 4 is 17.6 Å². The Balaban J connectivity index is 1.71. The largest absolute Gasteiger partial charge is 0.449 e. The van der Waals surface area contributed by atoms with Crippen LogP contribution in [0.25, 0.3) is 5.69 Å². The highest BCUT2D eigenvalue weighted by atomic mass is 16.5. The van der Waals surface area contributed by atoms with Crippen LogP contribution in [0.5, 0.6) is 0 Å². The van der Waals surface area contributed by atoms with E-state index in [4.69, 9.17) is 4.74 Å². The van der Waals surface area contributed by atoms with E-state index in [1.54, 1.807) is 48.5 Å². The molecule has 126 valence electrons. The van der Waals surface area contributed by atoms with Gasteiger partial charge in [-0.05, 0) is 41.6 Å². The van der Waals surface area contributed by atoms with Gasteiger partial charge in [0.2, 0.25) is 0 Å². The molecule has 0 aliphatic carbocycles. The average molecular weight is 337 g/mol. The van der Waals surface area contributed by atoms with Gasteiger partial charge in [-0.3, -0.25) is 4.79 Å². The number of rotatable bonds is 5. The van der Waals surface area contributed by atoms with Crippen molar-refractivity contribution in [2.75, 3.05) is 5.32 Å². The molecular weight excluding hydrogens is 322 g/mol. The molecule has 0 saturated carbocycles. The number of carbonyl (C=O) groups is 2. The Hall–Kier alpha value is -3.55. The first-order valence-electron chi connectivity index (χ1n) is 7.54. The fourth-order valence-corrected chi connectivity index (χ4v) is 2.16. The van der Waals surface area contributed by atoms with E-state index in [2.05, 4.69) is 20.8 Å². The van der Waals surface area contributed by atoms with E-state index >= 15 is 0 Å². The molecule has 8 heteroatoms. The van der Waals surface area contributed by atoms with E-state index in [1.165, 1.54) is 17.9 Å². The van der Waals surface area contributed by atoms with Gasteiger partial charge in [0.15, 0.2) is 6.10 Å². The Morgan fingerprint density at radius 3 is 2.52 bits per heavy atom. The van der Waals surface area contributed by atoms with Gasteiger partial charge in [-0.25, -0.2) is 4.79 Å². The third-order valence-corrected chi connectivity index (χ3v) is 3.41. The highest BCUT2D eigenvalue weighted by Gasteiger charge is 2.21. The summed E-state index contributed by atoms with van der Waals surface area (Å²) in [5, 5.41) is 13.6. The minimum Gasteiger partial charge on any atom is -0.449 e. The molecule has 0 saturated heterocycles. The number of nitrogens with zero attached hydrogens (tertiary/aromatic N) is 4. The van der Waals surface area contributed by atoms with Gasteiger partial charge in [-0.1, -0.05) is 30.3 Å². The van der Waals surface area contributed by atoms with Gasteiger partial charge < -0.3 is 10.1 Å². The molecule has 8 nitrogen and oxygen atoms in total. The molecule has 0 spiro atoms. The number of esters is 1. The summed E-state index contributed by atoms with van der Waals surface area (Å²) in [6.07, 6.45) is 0.409. The Morgan fingerprint density at radius 1 is 1.08 bits per heavy atom. The quantitative estimate of drug-likeness (QED) is 0.713. The highest BCUT2D eigenvalue weighted by molar-refractivity contribution is 5.98. The van der Waals surface area contributed by atoms with Gasteiger partial charge in [0, 0.05) is 5.69 Å². The van der Waals surface area contributed by atoms with Crippen LogP contribution in [0, 0.1) is 0 Å². The summed E-state index contributed by atoms with van der Waals surface area (Å²) in [4.78, 5) is 24.6. The van der Waals surface area contributed by atoms with Crippen LogP contribution in [-0.4, -0.2) is 38.2 Å². The minimum atomic E-state index is -0.963. The third-order valence-electron chi connectivity index (χ3n) is 3.41. The summed E-state index contributed by atoms with van der Waals surface area (Å²) in [6.45, 7) is 1.51. The van der Waals surface area contributed by atoms with Crippen molar-refractivity contribution in [1.29, 1.82) is 0 Å². The van der Waals surface area contributed by atoms with Crippen molar-refractivity contribution in [3.05, 3.63) is 66.5 Å². The van der Waals surface area contributed by atoms with Crippen molar-refractivity contribution in [2.45, 2.75) is 13.0 Å². The number of benzene rings is 2. The lowest BCUT2D eigenvalue weighted by molar-refractivity contribution is -0.123. The lowest BCUT2D eigenvalue weighted by Crippen LogP contribution is -2.30. The Kier molecular flexibility index (Phi) is 4.79. The maximum atomic E-state index is 12.4. The number of carbonyl (C=O) groups excluding carboxylic acids is 2. The summed E-state index contributed by atoms with van der Waals surface area (Å²) in [5.74, 6) is -1.05. The monoisotopic (exact) mass is 337 g/mol. The summed E-state index contributed by atoms with van der Waals surface area (Å²) >= 11 is 0. The second-order valence-corrected chi connectivity index (χ2v) is 5.17. The van der Waals surface area contributed by atoms with E-state index in [-0.39, 0.29) is 5.56 Å². The SMILES string of the molecule is C[C@H](OC(=O)c1ccccc1-n1cnnn1)C(=O)Nc1ccccc1. The van der Waals surface area contributed by atoms with E-state index in [0.29, 0.717) is 11.4 Å². The number of tetrazole rings is 1. The third kappa shape index (κ3) is 3.86. The van der Waals surface area contributed by atoms with E-state index in [0.717, 1.165) is 0 Å². The highest BCUT2D eigenvalue weighted by Crippen LogP contribution is 2.15. The molecular formula is C17H15N5O3. The Bertz CT molecular complexity index is 865. The van der Waals surface area contributed by atoms with Crippen LogP contribution in [0.1, 0.15) is 17.3 Å². The first-order valence-corrected chi connectivity index (χ1v) is 7.54. The number of anilines is 1. The molecule has 1 heterocycles. The molecule has 0 radical (unpaired) electrons. The van der Waals surface area contributed by atoms with E-state index < -0.39 is 18.0 Å². The lowest BCUT2D eigenvalue weighted by atomic mass is 10.2. The van der Waals surface area contributed by atoms with Crippen molar-refractivity contribution in [3.63, 3.8) is 0 Å². The lowest BCUT2D eigenvalue weighted by Gasteiger charge is -2.14. The van der Waals surface area contributed by atoms with Gasteiger partial charge in [0.1, 0.15) is 6.33 Å². The molecule has 1 atom stereocenters. The van der Waals surface area contributed by atoms with Gasteiger partial charge in [0.25, 0.3) is 5.91 Å². The number of hydrogen-bond acceptors (Lipinski definition) is 6. The summed E-state index contributed by atoms with van der Waals surface area (Å²) < 4.78 is 6.63. The molecule has 0 bridgehead atoms. The topological polar surface area (TPSA) is 99.0 Å². The number of ether oxygens (including phenoxy) is 1. The zero-order valence-electron chi connectivity index (χ0n) is 13.4. The molecule has 0 unspecified atom stereocenters. The predicted octanol–water partition coefficient (Wildman–Crippen LogP) is 1.85. The predicted molar refractivity (Wildman–Crippen MR) is 89.1 cm³/mol. The van der Waals surface area contributed by atoms with E-state index in [9.17, 15) is 9.59 Å². The summed E-state index contributed by atoms with van der Waals surface area (Å²) in [7, 11) is 0. The molecule has 1 N–H and O–H groups in total. The Labute approximate surface area is 143 Å². The molecule has 3 rings (SSSR count). The van der Waals surface area contributed by atoms with Crippen LogP contribution in [0.4, 0.5) is 5.69 Å². The van der Waals surface area contributed by atoms with Crippen molar-refractivity contribution in [3.8, 4) is 5.69 Å². The zero-order chi connectivity index (χ0) is 17.6. The second-order valence-electron chi connectivity index (χ2n) is 5.17. The van der Waals surface area contributed by atoms with Crippen molar-refractivity contribution in [1.82, 2.24) is 20.2 Å². The average Bonchev–Trinajstić information content (AvgIpc) is 3.17. The fraction of sp³-hybridized carbons (Fsp3) is 0.118. The number of para-hydroxylation sites is 2. The molecule has 3 aromatic rings. The smallest absolute Gasteiger partial charge is 0.341 e. The zero-order valence-corrected chi connectivity index (χ0v) is 13.4. The van der Waals surface area contributed by atoms with Crippen LogP contribution in [0.3, 0.4) is 0 Å². The van der Waals surface area contributed by atoms with Crippen LogP contribution in [-0.2, 0) is 9.53 Å². The summed E-state index contributed by atoms with van der Waals surface area (Å²) in [6, 6.07) is 15.7. The van der Waals surface area contributed by atoms with Gasteiger partial charge in [-0.2, -0.15) is 4.68 Å². The fourth-order valence-electron chi connectivity index (χ4n) is 2.16. The summed E-state index contributed by atoms with van der Waals surface area (Å²) in [5.41, 5.74) is 1.35. The molecule has 25 heavy (non-hydrogen) atoms. The van der Waals surface area contributed by atoms with Gasteiger partial charge in [-0.15, -0.1) is 5.10 Å². The van der Waals surface area contributed by atoms with E-state index in [1.807, 2.05) is 6.07 Å². The first-order chi connectivity index (χ1) is 12.1. The van der Waals surface area contributed by atoms with Crippen LogP contribution >= 0.6 is 0 Å². The number of amides is 1. The standard InChI is InChI=1S/C17H15N5O3/c1-12(16(23)19-13-7-3-2-4-8-13)25-17(24)14-9-5-6-10-15(14)22-11-18-20-21-22/h2-12H,1H3,(H,19,23)/t12-/m0/s1. The van der Waals surface area contributed by atoms with Gasteiger partial charge in [0.05, 0.1) is 11.3 Å². The molecule has 0 fully saturated rings. The Morgan fingerprint density at radius 2 is 1.80 bits per heavy atom. The molecule has 0 aliphatic rings. The number of aromatic nitrogens is 4. The van der Waals surface area contributed by atoms with Crippen molar-refractivity contribution in [2.24, 2.45) is 0 Å². The molecule has 1 aromatic heterocycles. The maximum absolute atomic E-state index is 12.4. The molecule has 2 aromatic carbocycles. The minimum absolute atomic E-state index is 0.258. The van der Waals surface area contributed by atoms with Crippen LogP contribution in [0.15, 0.2) is 60.9 Å². The normalized spacial score (nSPS) is 11.6. The second kappa shape index (κ2) is 7.35. The number of nitrogens with one attached hydrogen (secondary N) is 1. The van der Waals surface area contributed by atoms with Crippen LogP contribution < -0.4 is 5.32 Å². The van der Waals surface area contributed by atoms with Crippen molar-refractivity contribution < 1.29 is 14.3 Å². The van der Waals surface area contributed by atoms with Crippen LogP contribution in [0.2, 0.25) is 0 Å². The van der Waals surface area contributed by atoms with Gasteiger partial charge >= 0.3 is 5.97 Å². The maximum Gasteiger partial charge on any atom is 0.341 e.